The van der Waals surface area contributed by atoms with E-state index in [1.165, 1.54) is 18.4 Å². The highest BCUT2D eigenvalue weighted by atomic mass is 16.2. The molecule has 0 radical (unpaired) electrons. The molecule has 0 atom stereocenters. The number of hydrogen-bond donors (Lipinski definition) is 0. The summed E-state index contributed by atoms with van der Waals surface area (Å²) in [5.41, 5.74) is 2.32. The summed E-state index contributed by atoms with van der Waals surface area (Å²) in [5, 5.41) is 12.1. The van der Waals surface area contributed by atoms with Gasteiger partial charge in [0.05, 0.1) is 6.54 Å². The average Bonchev–Trinajstić information content (AvgIpc) is 3.22. The quantitative estimate of drug-likeness (QED) is 0.803. The number of amides is 1. The van der Waals surface area contributed by atoms with E-state index in [1.54, 1.807) is 0 Å². The molecule has 0 bridgehead atoms. The van der Waals surface area contributed by atoms with Crippen LogP contribution in [0.25, 0.3) is 0 Å². The predicted molar refractivity (Wildman–Crippen MR) is 89.4 cm³/mol. The van der Waals surface area contributed by atoms with Gasteiger partial charge in [-0.15, -0.1) is 0 Å². The second-order valence-electron chi connectivity index (χ2n) is 6.71. The summed E-state index contributed by atoms with van der Waals surface area (Å²) in [6, 6.07) is 8.96. The van der Waals surface area contributed by atoms with E-state index in [-0.39, 0.29) is 5.91 Å². The van der Waals surface area contributed by atoms with E-state index in [1.807, 2.05) is 9.58 Å². The van der Waals surface area contributed by atoms with Gasteiger partial charge in [-0.25, -0.2) is 4.68 Å². The number of aromatic nitrogens is 4. The second-order valence-corrected chi connectivity index (χ2v) is 6.71. The molecule has 2 heterocycles. The zero-order chi connectivity index (χ0) is 16.5. The van der Waals surface area contributed by atoms with Gasteiger partial charge in [-0.3, -0.25) is 4.79 Å². The van der Waals surface area contributed by atoms with Crippen molar-refractivity contribution in [3.63, 3.8) is 0 Å². The molecule has 0 spiro atoms. The fourth-order valence-electron chi connectivity index (χ4n) is 3.19. The lowest BCUT2D eigenvalue weighted by molar-refractivity contribution is -0.128. The number of tetrazole rings is 1. The highest BCUT2D eigenvalue weighted by Crippen LogP contribution is 2.28. The van der Waals surface area contributed by atoms with Gasteiger partial charge in [0, 0.05) is 32.6 Å². The fourth-order valence-corrected chi connectivity index (χ4v) is 3.19. The van der Waals surface area contributed by atoms with Crippen LogP contribution in [0.3, 0.4) is 0 Å². The largest absolute Gasteiger partial charge is 0.340 e. The summed E-state index contributed by atoms with van der Waals surface area (Å²) in [5.74, 6) is 1.09. The van der Waals surface area contributed by atoms with Crippen LogP contribution in [0.2, 0.25) is 0 Å². The summed E-state index contributed by atoms with van der Waals surface area (Å²) < 4.78 is 1.84. The van der Waals surface area contributed by atoms with Gasteiger partial charge in [-0.1, -0.05) is 29.4 Å². The van der Waals surface area contributed by atoms with Crippen LogP contribution < -0.4 is 4.90 Å². The van der Waals surface area contributed by atoms with Gasteiger partial charge in [-0.05, 0) is 40.8 Å². The van der Waals surface area contributed by atoms with E-state index < -0.39 is 0 Å². The molecule has 2 fully saturated rings. The number of rotatable bonds is 6. The van der Waals surface area contributed by atoms with Crippen molar-refractivity contribution in [3.8, 4) is 0 Å². The molecule has 1 amide bonds. The van der Waals surface area contributed by atoms with Gasteiger partial charge < -0.3 is 9.80 Å². The number of benzene rings is 1. The van der Waals surface area contributed by atoms with Crippen LogP contribution in [0, 0.1) is 0 Å². The Bertz CT molecular complexity index is 721. The molecule has 4 rings (SSSR count). The summed E-state index contributed by atoms with van der Waals surface area (Å²) in [4.78, 5) is 15.8. The lowest BCUT2D eigenvalue weighted by atomic mass is 10.1. The third-order valence-electron chi connectivity index (χ3n) is 4.82. The molecule has 1 aliphatic carbocycles. The topological polar surface area (TPSA) is 67.2 Å². The number of anilines is 1. The molecule has 7 heteroatoms. The van der Waals surface area contributed by atoms with Crippen molar-refractivity contribution in [2.45, 2.75) is 44.8 Å². The third-order valence-corrected chi connectivity index (χ3v) is 4.82. The molecule has 7 nitrogen and oxygen atoms in total. The molecule has 0 N–H and O–H groups in total. The van der Waals surface area contributed by atoms with Crippen molar-refractivity contribution in [3.05, 3.63) is 35.4 Å². The van der Waals surface area contributed by atoms with Crippen molar-refractivity contribution < 1.29 is 4.79 Å². The Morgan fingerprint density at radius 1 is 1.17 bits per heavy atom. The Balaban J connectivity index is 1.42. The molecule has 1 saturated carbocycles. The molecule has 1 aromatic carbocycles. The second kappa shape index (κ2) is 6.22. The number of carbonyl (C=O) groups is 1. The number of nitrogens with zero attached hydrogens (tertiary/aromatic N) is 6. The summed E-state index contributed by atoms with van der Waals surface area (Å²) in [6.45, 7) is 2.24. The van der Waals surface area contributed by atoms with Crippen LogP contribution in [0.4, 0.5) is 5.95 Å². The predicted octanol–water partition coefficient (Wildman–Crippen LogP) is 1.44. The van der Waals surface area contributed by atoms with E-state index >= 15 is 0 Å². The minimum atomic E-state index is 0.264. The molecule has 126 valence electrons. The van der Waals surface area contributed by atoms with Crippen LogP contribution >= 0.6 is 0 Å². The molecule has 2 aromatic rings. The summed E-state index contributed by atoms with van der Waals surface area (Å²) in [7, 11) is 2.05. The first kappa shape index (κ1) is 15.1. The van der Waals surface area contributed by atoms with E-state index in [2.05, 4.69) is 51.7 Å². The lowest BCUT2D eigenvalue weighted by Gasteiger charge is -2.17. The van der Waals surface area contributed by atoms with Crippen molar-refractivity contribution in [2.24, 2.45) is 0 Å². The molecule has 0 unspecified atom stereocenters. The van der Waals surface area contributed by atoms with Crippen molar-refractivity contribution in [1.82, 2.24) is 25.1 Å². The minimum Gasteiger partial charge on any atom is -0.340 e. The van der Waals surface area contributed by atoms with E-state index in [4.69, 9.17) is 0 Å². The van der Waals surface area contributed by atoms with Gasteiger partial charge in [0.2, 0.25) is 11.9 Å². The third kappa shape index (κ3) is 3.11. The van der Waals surface area contributed by atoms with Crippen LogP contribution in [0.5, 0.6) is 0 Å². The Labute approximate surface area is 141 Å². The van der Waals surface area contributed by atoms with Gasteiger partial charge >= 0.3 is 0 Å². The molecular formula is C17H22N6O. The maximum Gasteiger partial charge on any atom is 0.245 e. The van der Waals surface area contributed by atoms with Crippen molar-refractivity contribution >= 4 is 11.9 Å². The van der Waals surface area contributed by atoms with Crippen LogP contribution in [-0.2, 0) is 17.9 Å². The van der Waals surface area contributed by atoms with Crippen molar-refractivity contribution in [2.75, 3.05) is 18.5 Å². The average molecular weight is 326 g/mol. The highest BCUT2D eigenvalue weighted by Gasteiger charge is 2.29. The molecule has 2 aliphatic rings. The molecular weight excluding hydrogens is 304 g/mol. The summed E-state index contributed by atoms with van der Waals surface area (Å²) >= 11 is 0. The smallest absolute Gasteiger partial charge is 0.245 e. The maximum atomic E-state index is 11.7. The molecule has 1 aromatic heterocycles. The Morgan fingerprint density at radius 3 is 2.50 bits per heavy atom. The van der Waals surface area contributed by atoms with E-state index in [9.17, 15) is 4.79 Å². The monoisotopic (exact) mass is 326 g/mol. The van der Waals surface area contributed by atoms with Gasteiger partial charge in [0.15, 0.2) is 0 Å². The SMILES string of the molecule is CN(c1nnnn1Cc1ccc(CN2CCCC2=O)cc1)C1CC1. The maximum absolute atomic E-state index is 11.7. The zero-order valence-electron chi connectivity index (χ0n) is 13.9. The number of likely N-dealkylation sites (tertiary alicyclic amines) is 1. The van der Waals surface area contributed by atoms with Crippen molar-refractivity contribution in [1.29, 1.82) is 0 Å². The minimum absolute atomic E-state index is 0.264. The Morgan fingerprint density at radius 2 is 1.88 bits per heavy atom. The van der Waals surface area contributed by atoms with Gasteiger partial charge in [0.1, 0.15) is 0 Å². The first-order valence-corrected chi connectivity index (χ1v) is 8.55. The van der Waals surface area contributed by atoms with Crippen LogP contribution in [0.15, 0.2) is 24.3 Å². The standard InChI is InChI=1S/C17H22N6O/c1-21(15-8-9-15)17-18-19-20-23(17)12-14-6-4-13(5-7-14)11-22-10-2-3-16(22)24/h4-7,15H,2-3,8-12H2,1H3. The Kier molecular flexibility index (Phi) is 3.92. The number of carbonyl (C=O) groups excluding carboxylic acids is 1. The fraction of sp³-hybridized carbons (Fsp3) is 0.529. The lowest BCUT2D eigenvalue weighted by Crippen LogP contribution is -2.24. The molecule has 1 saturated heterocycles. The van der Waals surface area contributed by atoms with Crippen LogP contribution in [-0.4, -0.2) is 50.6 Å². The Hall–Kier alpha value is -2.44. The van der Waals surface area contributed by atoms with Gasteiger partial charge in [-0.2, -0.15) is 0 Å². The molecule has 1 aliphatic heterocycles. The highest BCUT2D eigenvalue weighted by molar-refractivity contribution is 5.78. The normalized spacial score (nSPS) is 17.5. The van der Waals surface area contributed by atoms with Crippen LogP contribution in [0.1, 0.15) is 36.8 Å². The molecule has 24 heavy (non-hydrogen) atoms. The number of hydrogen-bond acceptors (Lipinski definition) is 5. The zero-order valence-corrected chi connectivity index (χ0v) is 13.9. The van der Waals surface area contributed by atoms with E-state index in [0.717, 1.165) is 24.5 Å². The van der Waals surface area contributed by atoms with Gasteiger partial charge in [0.25, 0.3) is 0 Å². The summed E-state index contributed by atoms with van der Waals surface area (Å²) in [6.07, 6.45) is 4.10. The first-order valence-electron chi connectivity index (χ1n) is 8.55. The first-order chi connectivity index (χ1) is 11.7. The van der Waals surface area contributed by atoms with E-state index in [0.29, 0.717) is 25.6 Å².